The molecule has 0 aliphatic rings. The molecule has 1 atom stereocenters. The number of hydrogen-bond acceptors (Lipinski definition) is 3. The minimum Gasteiger partial charge on any atom is -0.497 e. The summed E-state index contributed by atoms with van der Waals surface area (Å²) in [6.07, 6.45) is -1.27. The first-order chi connectivity index (χ1) is 10.1. The fourth-order valence-corrected chi connectivity index (χ4v) is 2.18. The van der Waals surface area contributed by atoms with Gasteiger partial charge in [-0.25, -0.2) is 8.78 Å². The highest BCUT2D eigenvalue weighted by molar-refractivity contribution is 5.78. The Hall–Kier alpha value is -2.40. The van der Waals surface area contributed by atoms with E-state index in [-0.39, 0.29) is 11.3 Å². The molecule has 0 bridgehead atoms. The molecule has 0 radical (unpaired) electrons. The summed E-state index contributed by atoms with van der Waals surface area (Å²) in [5.74, 6) is -0.497. The van der Waals surface area contributed by atoms with Gasteiger partial charge in [0.05, 0.1) is 7.11 Å². The molecule has 1 N–H and O–H groups in total. The highest BCUT2D eigenvalue weighted by atomic mass is 19.1. The van der Waals surface area contributed by atoms with Crippen molar-refractivity contribution < 1.29 is 23.0 Å². The second-order valence-corrected chi connectivity index (χ2v) is 4.62. The molecule has 0 spiro atoms. The van der Waals surface area contributed by atoms with Crippen LogP contribution < -0.4 is 4.74 Å². The Morgan fingerprint density at radius 3 is 2.62 bits per heavy atom. The van der Waals surface area contributed by atoms with Crippen molar-refractivity contribution in [2.24, 2.45) is 0 Å². The predicted octanol–water partition coefficient (Wildman–Crippen LogP) is 3.80. The van der Waals surface area contributed by atoms with Crippen molar-refractivity contribution in [1.29, 1.82) is 0 Å². The minimum absolute atomic E-state index is 0.0651. The molecule has 3 aromatic rings. The number of furan rings is 1. The minimum atomic E-state index is -1.27. The van der Waals surface area contributed by atoms with Crippen molar-refractivity contribution in [3.8, 4) is 5.75 Å². The van der Waals surface area contributed by atoms with E-state index < -0.39 is 17.7 Å². The lowest BCUT2D eigenvalue weighted by Gasteiger charge is -2.10. The lowest BCUT2D eigenvalue weighted by Crippen LogP contribution is -2.01. The average Bonchev–Trinajstić information content (AvgIpc) is 2.89. The van der Waals surface area contributed by atoms with E-state index in [4.69, 9.17) is 9.15 Å². The van der Waals surface area contributed by atoms with Gasteiger partial charge >= 0.3 is 0 Å². The summed E-state index contributed by atoms with van der Waals surface area (Å²) in [6, 6.07) is 9.66. The average molecular weight is 290 g/mol. The zero-order chi connectivity index (χ0) is 15.0. The molecule has 0 saturated carbocycles. The molecule has 0 aliphatic heterocycles. The van der Waals surface area contributed by atoms with Crippen LogP contribution in [0.3, 0.4) is 0 Å². The van der Waals surface area contributed by atoms with Gasteiger partial charge < -0.3 is 14.3 Å². The summed E-state index contributed by atoms with van der Waals surface area (Å²) < 4.78 is 37.4. The van der Waals surface area contributed by atoms with E-state index in [0.717, 1.165) is 0 Å². The standard InChI is InChI=1S/C16H12F2O3/c1-20-11-3-4-12(13(18)8-11)16(19)15-7-9-6-10(17)2-5-14(9)21-15/h2-8,16,19H,1H3. The molecule has 5 heteroatoms. The lowest BCUT2D eigenvalue weighted by molar-refractivity contribution is 0.187. The van der Waals surface area contributed by atoms with E-state index in [1.807, 2.05) is 0 Å². The van der Waals surface area contributed by atoms with Gasteiger partial charge in [-0.3, -0.25) is 0 Å². The predicted molar refractivity (Wildman–Crippen MR) is 73.2 cm³/mol. The number of aliphatic hydroxyl groups excluding tert-OH is 1. The third kappa shape index (κ3) is 2.48. The molecule has 1 aromatic heterocycles. The van der Waals surface area contributed by atoms with Crippen molar-refractivity contribution in [2.45, 2.75) is 6.10 Å². The largest absolute Gasteiger partial charge is 0.497 e. The highest BCUT2D eigenvalue weighted by Crippen LogP contribution is 2.31. The number of rotatable bonds is 3. The normalized spacial score (nSPS) is 12.6. The Labute approximate surface area is 119 Å². The molecule has 3 nitrogen and oxygen atoms in total. The summed E-state index contributed by atoms with van der Waals surface area (Å²) in [5.41, 5.74) is 0.495. The van der Waals surface area contributed by atoms with Crippen LogP contribution in [0.15, 0.2) is 46.9 Å². The number of benzene rings is 2. The van der Waals surface area contributed by atoms with Gasteiger partial charge in [-0.2, -0.15) is 0 Å². The molecule has 108 valence electrons. The Morgan fingerprint density at radius 1 is 1.10 bits per heavy atom. The van der Waals surface area contributed by atoms with Gasteiger partial charge in [-0.1, -0.05) is 0 Å². The topological polar surface area (TPSA) is 42.6 Å². The van der Waals surface area contributed by atoms with Crippen LogP contribution in [0, 0.1) is 11.6 Å². The Morgan fingerprint density at radius 2 is 1.90 bits per heavy atom. The third-order valence-corrected chi connectivity index (χ3v) is 3.27. The fourth-order valence-electron chi connectivity index (χ4n) is 2.18. The molecule has 0 aliphatic carbocycles. The summed E-state index contributed by atoms with van der Waals surface area (Å²) >= 11 is 0. The van der Waals surface area contributed by atoms with Crippen LogP contribution in [0.5, 0.6) is 5.75 Å². The smallest absolute Gasteiger partial charge is 0.139 e. The van der Waals surface area contributed by atoms with Gasteiger partial charge in [0.1, 0.15) is 34.8 Å². The van der Waals surface area contributed by atoms with Gasteiger partial charge in [0, 0.05) is 17.0 Å². The van der Waals surface area contributed by atoms with E-state index >= 15 is 0 Å². The monoisotopic (exact) mass is 290 g/mol. The number of ether oxygens (including phenoxy) is 1. The van der Waals surface area contributed by atoms with Gasteiger partial charge in [0.25, 0.3) is 0 Å². The summed E-state index contributed by atoms with van der Waals surface area (Å²) in [7, 11) is 1.43. The van der Waals surface area contributed by atoms with Gasteiger partial charge in [0.2, 0.25) is 0 Å². The van der Waals surface area contributed by atoms with Crippen molar-refractivity contribution in [2.75, 3.05) is 7.11 Å². The summed E-state index contributed by atoms with van der Waals surface area (Å²) in [5, 5.41) is 10.8. The van der Waals surface area contributed by atoms with Crippen LogP contribution in [0.4, 0.5) is 8.78 Å². The number of methoxy groups -OCH3 is 1. The number of fused-ring (bicyclic) bond motifs is 1. The maximum absolute atomic E-state index is 14.0. The molecule has 0 saturated heterocycles. The Balaban J connectivity index is 2.01. The lowest BCUT2D eigenvalue weighted by atomic mass is 10.1. The van der Waals surface area contributed by atoms with E-state index in [2.05, 4.69) is 0 Å². The maximum Gasteiger partial charge on any atom is 0.139 e. The first-order valence-electron chi connectivity index (χ1n) is 6.29. The van der Waals surface area contributed by atoms with E-state index in [0.29, 0.717) is 16.7 Å². The van der Waals surface area contributed by atoms with Crippen LogP contribution >= 0.6 is 0 Å². The SMILES string of the molecule is COc1ccc(C(O)c2cc3cc(F)ccc3o2)c(F)c1. The molecule has 0 amide bonds. The summed E-state index contributed by atoms with van der Waals surface area (Å²) in [6.45, 7) is 0. The van der Waals surface area contributed by atoms with Crippen molar-refractivity contribution >= 4 is 11.0 Å². The maximum atomic E-state index is 14.0. The summed E-state index contributed by atoms with van der Waals surface area (Å²) in [4.78, 5) is 0. The molecule has 1 heterocycles. The Bertz CT molecular complexity index is 795. The van der Waals surface area contributed by atoms with E-state index in [9.17, 15) is 13.9 Å². The molecule has 21 heavy (non-hydrogen) atoms. The first kappa shape index (κ1) is 13.6. The molecular formula is C16H12F2O3. The van der Waals surface area contributed by atoms with Crippen LogP contribution in [0.1, 0.15) is 17.4 Å². The molecular weight excluding hydrogens is 278 g/mol. The van der Waals surface area contributed by atoms with E-state index in [1.165, 1.54) is 43.5 Å². The van der Waals surface area contributed by atoms with Crippen LogP contribution in [0.2, 0.25) is 0 Å². The van der Waals surface area contributed by atoms with Crippen LogP contribution in [-0.4, -0.2) is 12.2 Å². The van der Waals surface area contributed by atoms with Crippen LogP contribution in [-0.2, 0) is 0 Å². The molecule has 1 unspecified atom stereocenters. The molecule has 2 aromatic carbocycles. The third-order valence-electron chi connectivity index (χ3n) is 3.27. The van der Waals surface area contributed by atoms with Gasteiger partial charge in [-0.05, 0) is 36.4 Å². The van der Waals surface area contributed by atoms with Crippen molar-refractivity contribution in [3.05, 3.63) is 65.4 Å². The highest BCUT2D eigenvalue weighted by Gasteiger charge is 2.19. The first-order valence-corrected chi connectivity index (χ1v) is 6.29. The van der Waals surface area contributed by atoms with Crippen LogP contribution in [0.25, 0.3) is 11.0 Å². The number of hydrogen-bond donors (Lipinski definition) is 1. The molecule has 3 rings (SSSR count). The quantitative estimate of drug-likeness (QED) is 0.797. The second kappa shape index (κ2) is 5.18. The fraction of sp³-hybridized carbons (Fsp3) is 0.125. The van der Waals surface area contributed by atoms with Gasteiger partial charge in [-0.15, -0.1) is 0 Å². The zero-order valence-electron chi connectivity index (χ0n) is 11.1. The zero-order valence-corrected chi connectivity index (χ0v) is 11.1. The Kier molecular flexibility index (Phi) is 3.35. The van der Waals surface area contributed by atoms with Gasteiger partial charge in [0.15, 0.2) is 0 Å². The van der Waals surface area contributed by atoms with Crippen molar-refractivity contribution in [3.63, 3.8) is 0 Å². The van der Waals surface area contributed by atoms with E-state index in [1.54, 1.807) is 6.07 Å². The number of aliphatic hydroxyl groups is 1. The molecule has 0 fully saturated rings. The second-order valence-electron chi connectivity index (χ2n) is 4.62. The number of halogens is 2. The van der Waals surface area contributed by atoms with Crippen molar-refractivity contribution in [1.82, 2.24) is 0 Å².